The van der Waals surface area contributed by atoms with E-state index in [2.05, 4.69) is 17.1 Å². The summed E-state index contributed by atoms with van der Waals surface area (Å²) in [7, 11) is 0. The third-order valence-electron chi connectivity index (χ3n) is 4.66. The van der Waals surface area contributed by atoms with Gasteiger partial charge in [0.05, 0.1) is 17.2 Å². The van der Waals surface area contributed by atoms with Gasteiger partial charge in [-0.3, -0.25) is 4.79 Å². The molecule has 6 heteroatoms. The lowest BCUT2D eigenvalue weighted by Gasteiger charge is -2.41. The zero-order valence-corrected chi connectivity index (χ0v) is 17.0. The molecule has 0 fully saturated rings. The molecule has 1 atom stereocenters. The van der Waals surface area contributed by atoms with E-state index in [1.54, 1.807) is 0 Å². The van der Waals surface area contributed by atoms with Gasteiger partial charge in [-0.25, -0.2) is 0 Å². The SMILES string of the molecule is CCCN1C(=S)NC(c2ccc(OC(C)C)c(Cl)c2)C2=C1CCCC2=O. The molecule has 4 nitrogen and oxygen atoms in total. The molecular formula is C20H25ClN2O2S. The van der Waals surface area contributed by atoms with Gasteiger partial charge in [0.2, 0.25) is 0 Å². The zero-order chi connectivity index (χ0) is 18.8. The van der Waals surface area contributed by atoms with Gasteiger partial charge in [0.25, 0.3) is 0 Å². The number of carbonyl (C=O) groups is 1. The Hall–Kier alpha value is -1.59. The Balaban J connectivity index is 2.01. The Morgan fingerprint density at radius 3 is 2.81 bits per heavy atom. The summed E-state index contributed by atoms with van der Waals surface area (Å²) in [5.41, 5.74) is 2.86. The molecule has 1 heterocycles. The van der Waals surface area contributed by atoms with E-state index in [1.807, 2.05) is 32.0 Å². The van der Waals surface area contributed by atoms with Crippen molar-refractivity contribution in [3.8, 4) is 5.75 Å². The standard InChI is InChI=1S/C20H25ClN2O2S/c1-4-10-23-15-6-5-7-16(24)18(15)19(22-20(23)26)13-8-9-17(14(21)11-13)25-12(2)3/h8-9,11-12,19H,4-7,10H2,1-3H3,(H,22,26). The van der Waals surface area contributed by atoms with Gasteiger partial charge in [-0.1, -0.05) is 24.6 Å². The van der Waals surface area contributed by atoms with Crippen molar-refractivity contribution >= 4 is 34.7 Å². The van der Waals surface area contributed by atoms with E-state index in [1.165, 1.54) is 0 Å². The van der Waals surface area contributed by atoms with Crippen molar-refractivity contribution in [2.75, 3.05) is 6.54 Å². The number of hydrogen-bond acceptors (Lipinski definition) is 3. The van der Waals surface area contributed by atoms with Gasteiger partial charge >= 0.3 is 0 Å². The first-order valence-corrected chi connectivity index (χ1v) is 10.0. The third-order valence-corrected chi connectivity index (χ3v) is 5.29. The van der Waals surface area contributed by atoms with Gasteiger partial charge in [0.1, 0.15) is 5.75 Å². The molecule has 2 aliphatic rings. The molecule has 3 rings (SSSR count). The number of ether oxygens (including phenoxy) is 1. The summed E-state index contributed by atoms with van der Waals surface area (Å²) in [5.74, 6) is 0.853. The van der Waals surface area contributed by atoms with Crippen LogP contribution in [0.5, 0.6) is 5.75 Å². The summed E-state index contributed by atoms with van der Waals surface area (Å²) in [6.45, 7) is 6.87. The lowest BCUT2D eigenvalue weighted by atomic mass is 9.84. The number of carbonyl (C=O) groups excluding carboxylic acids is 1. The quantitative estimate of drug-likeness (QED) is 0.730. The minimum atomic E-state index is -0.246. The summed E-state index contributed by atoms with van der Waals surface area (Å²) in [6, 6.07) is 5.46. The first-order valence-electron chi connectivity index (χ1n) is 9.22. The van der Waals surface area contributed by atoms with Crippen molar-refractivity contribution in [2.45, 2.75) is 58.6 Å². The first kappa shape index (κ1) is 19.2. The number of ketones is 1. The maximum absolute atomic E-state index is 12.7. The van der Waals surface area contributed by atoms with Crippen LogP contribution in [0.15, 0.2) is 29.5 Å². The molecular weight excluding hydrogens is 368 g/mol. The predicted molar refractivity (Wildman–Crippen MR) is 109 cm³/mol. The number of thiocarbonyl (C=S) groups is 1. The molecule has 0 saturated carbocycles. The summed E-state index contributed by atoms with van der Waals surface area (Å²) in [5, 5.41) is 4.59. The van der Waals surface area contributed by atoms with Crippen LogP contribution in [-0.2, 0) is 4.79 Å². The molecule has 0 aromatic heterocycles. The van der Waals surface area contributed by atoms with Crippen LogP contribution in [-0.4, -0.2) is 28.4 Å². The Morgan fingerprint density at radius 1 is 1.38 bits per heavy atom. The molecule has 26 heavy (non-hydrogen) atoms. The van der Waals surface area contributed by atoms with Crippen molar-refractivity contribution < 1.29 is 9.53 Å². The molecule has 140 valence electrons. The number of nitrogens with zero attached hydrogens (tertiary/aromatic N) is 1. The van der Waals surface area contributed by atoms with E-state index < -0.39 is 0 Å². The van der Waals surface area contributed by atoms with E-state index in [9.17, 15) is 4.79 Å². The van der Waals surface area contributed by atoms with E-state index in [4.69, 9.17) is 28.6 Å². The van der Waals surface area contributed by atoms with Crippen LogP contribution in [0.4, 0.5) is 0 Å². The number of Topliss-reactive ketones (excluding diaryl/α,β-unsaturated/α-hetero) is 1. The highest BCUT2D eigenvalue weighted by Gasteiger charge is 2.37. The highest BCUT2D eigenvalue weighted by Crippen LogP contribution is 2.39. The molecule has 0 spiro atoms. The Bertz CT molecular complexity index is 760. The summed E-state index contributed by atoms with van der Waals surface area (Å²) < 4.78 is 5.72. The van der Waals surface area contributed by atoms with E-state index in [0.717, 1.165) is 42.6 Å². The van der Waals surface area contributed by atoms with Crippen LogP contribution >= 0.6 is 23.8 Å². The van der Waals surface area contributed by atoms with Crippen LogP contribution in [0.2, 0.25) is 5.02 Å². The largest absolute Gasteiger partial charge is 0.489 e. The Labute approximate surface area is 165 Å². The average Bonchev–Trinajstić information content (AvgIpc) is 2.59. The fraction of sp³-hybridized carbons (Fsp3) is 0.500. The van der Waals surface area contributed by atoms with Gasteiger partial charge < -0.3 is 15.0 Å². The van der Waals surface area contributed by atoms with E-state index in [0.29, 0.717) is 22.3 Å². The number of hydrogen-bond donors (Lipinski definition) is 1. The third kappa shape index (κ3) is 3.74. The molecule has 0 bridgehead atoms. The number of benzene rings is 1. The van der Waals surface area contributed by atoms with Gasteiger partial charge in [-0.15, -0.1) is 0 Å². The number of rotatable bonds is 5. The van der Waals surface area contributed by atoms with Crippen LogP contribution in [0.25, 0.3) is 0 Å². The summed E-state index contributed by atoms with van der Waals surface area (Å²) >= 11 is 12.0. The second-order valence-corrected chi connectivity index (χ2v) is 7.82. The zero-order valence-electron chi connectivity index (χ0n) is 15.5. The van der Waals surface area contributed by atoms with Crippen LogP contribution in [0.3, 0.4) is 0 Å². The van der Waals surface area contributed by atoms with Gasteiger partial charge in [-0.05, 0) is 63.0 Å². The maximum Gasteiger partial charge on any atom is 0.173 e. The lowest BCUT2D eigenvalue weighted by molar-refractivity contribution is -0.116. The van der Waals surface area contributed by atoms with Gasteiger partial charge in [-0.2, -0.15) is 0 Å². The monoisotopic (exact) mass is 392 g/mol. The second kappa shape index (κ2) is 7.97. The molecule has 1 aromatic rings. The van der Waals surface area contributed by atoms with Crippen LogP contribution in [0, 0.1) is 0 Å². The van der Waals surface area contributed by atoms with Crippen LogP contribution < -0.4 is 10.1 Å². The minimum Gasteiger partial charge on any atom is -0.489 e. The molecule has 0 saturated heterocycles. The fourth-order valence-corrected chi connectivity index (χ4v) is 4.16. The van der Waals surface area contributed by atoms with Crippen LogP contribution in [0.1, 0.15) is 58.1 Å². The van der Waals surface area contributed by atoms with E-state index >= 15 is 0 Å². The molecule has 0 amide bonds. The topological polar surface area (TPSA) is 41.6 Å². The predicted octanol–water partition coefficient (Wildman–Crippen LogP) is 4.78. The molecule has 1 aliphatic heterocycles. The van der Waals surface area contributed by atoms with E-state index in [-0.39, 0.29) is 17.9 Å². The Kier molecular flexibility index (Phi) is 5.88. The summed E-state index contributed by atoms with van der Waals surface area (Å²) in [6.07, 6.45) is 3.39. The number of allylic oxidation sites excluding steroid dienone is 1. The first-order chi connectivity index (χ1) is 12.4. The van der Waals surface area contributed by atoms with Crippen molar-refractivity contribution in [3.63, 3.8) is 0 Å². The number of halogens is 1. The molecule has 0 radical (unpaired) electrons. The lowest BCUT2D eigenvalue weighted by Crippen LogP contribution is -2.49. The average molecular weight is 393 g/mol. The highest BCUT2D eigenvalue weighted by atomic mass is 35.5. The van der Waals surface area contributed by atoms with Gasteiger partial charge in [0, 0.05) is 24.2 Å². The van der Waals surface area contributed by atoms with Crippen molar-refractivity contribution in [3.05, 3.63) is 40.1 Å². The highest BCUT2D eigenvalue weighted by molar-refractivity contribution is 7.80. The molecule has 1 N–H and O–H groups in total. The summed E-state index contributed by atoms with van der Waals surface area (Å²) in [4.78, 5) is 14.8. The van der Waals surface area contributed by atoms with Crippen molar-refractivity contribution in [1.29, 1.82) is 0 Å². The molecule has 1 unspecified atom stereocenters. The fourth-order valence-electron chi connectivity index (χ4n) is 3.61. The normalized spacial score (nSPS) is 20.3. The number of nitrogens with one attached hydrogen (secondary N) is 1. The smallest absolute Gasteiger partial charge is 0.173 e. The molecule has 1 aromatic carbocycles. The minimum absolute atomic E-state index is 0.0515. The second-order valence-electron chi connectivity index (χ2n) is 7.03. The van der Waals surface area contributed by atoms with Gasteiger partial charge in [0.15, 0.2) is 10.9 Å². The molecule has 1 aliphatic carbocycles. The Morgan fingerprint density at radius 2 is 2.15 bits per heavy atom. The van der Waals surface area contributed by atoms with Crippen molar-refractivity contribution in [1.82, 2.24) is 10.2 Å². The van der Waals surface area contributed by atoms with Crippen molar-refractivity contribution in [2.24, 2.45) is 0 Å². The maximum atomic E-state index is 12.7.